The van der Waals surface area contributed by atoms with Gasteiger partial charge in [0.05, 0.1) is 10.3 Å². The Labute approximate surface area is 122 Å². The van der Waals surface area contributed by atoms with Crippen LogP contribution < -0.4 is 4.90 Å². The van der Waals surface area contributed by atoms with Gasteiger partial charge in [-0.15, -0.1) is 0 Å². The van der Waals surface area contributed by atoms with Gasteiger partial charge in [-0.1, -0.05) is 13.3 Å². The van der Waals surface area contributed by atoms with E-state index in [2.05, 4.69) is 4.98 Å². The Kier molecular flexibility index (Phi) is 4.11. The van der Waals surface area contributed by atoms with Gasteiger partial charge in [-0.25, -0.2) is 4.98 Å². The summed E-state index contributed by atoms with van der Waals surface area (Å²) in [6.07, 6.45) is 3.26. The molecule has 0 aromatic carbocycles. The number of aliphatic carboxylic acids is 1. The predicted molar refractivity (Wildman–Crippen MR) is 77.4 cm³/mol. The summed E-state index contributed by atoms with van der Waals surface area (Å²) >= 11 is 0. The van der Waals surface area contributed by atoms with Crippen LogP contribution in [0.3, 0.4) is 0 Å². The van der Waals surface area contributed by atoms with Gasteiger partial charge in [-0.2, -0.15) is 0 Å². The molecule has 1 fully saturated rings. The Morgan fingerprint density at radius 2 is 2.33 bits per heavy atom. The third kappa shape index (κ3) is 2.81. The van der Waals surface area contributed by atoms with E-state index < -0.39 is 16.3 Å². The maximum absolute atomic E-state index is 11.6. The van der Waals surface area contributed by atoms with Gasteiger partial charge >= 0.3 is 5.97 Å². The number of carboxylic acid groups (broad SMARTS) is 1. The van der Waals surface area contributed by atoms with Gasteiger partial charge in [0.1, 0.15) is 12.0 Å². The topological polar surface area (TPSA) is 96.6 Å². The Morgan fingerprint density at radius 3 is 2.86 bits per heavy atom. The average Bonchev–Trinajstić information content (AvgIpc) is 2.84. The maximum Gasteiger partial charge on any atom is 0.311 e. The molecular formula is C14H19N3O4. The second-order valence-electron chi connectivity index (χ2n) is 5.59. The van der Waals surface area contributed by atoms with Crippen molar-refractivity contribution in [3.05, 3.63) is 27.9 Å². The Hall–Kier alpha value is -2.18. The Balaban J connectivity index is 2.23. The van der Waals surface area contributed by atoms with Crippen molar-refractivity contribution >= 4 is 17.5 Å². The number of aryl methyl sites for hydroxylation is 1. The molecular weight excluding hydrogens is 274 g/mol. The van der Waals surface area contributed by atoms with E-state index in [9.17, 15) is 20.0 Å². The molecule has 1 aromatic heterocycles. The molecule has 1 atom stereocenters. The van der Waals surface area contributed by atoms with E-state index in [0.717, 1.165) is 6.42 Å². The van der Waals surface area contributed by atoms with Crippen LogP contribution in [0.2, 0.25) is 0 Å². The van der Waals surface area contributed by atoms with E-state index in [-0.39, 0.29) is 5.69 Å². The van der Waals surface area contributed by atoms with Crippen molar-refractivity contribution < 1.29 is 14.8 Å². The highest BCUT2D eigenvalue weighted by Crippen LogP contribution is 2.37. The second-order valence-corrected chi connectivity index (χ2v) is 5.59. The fraction of sp³-hybridized carbons (Fsp3) is 0.571. The van der Waals surface area contributed by atoms with E-state index in [1.54, 1.807) is 13.0 Å². The quantitative estimate of drug-likeness (QED) is 0.661. The van der Waals surface area contributed by atoms with Crippen molar-refractivity contribution in [2.75, 3.05) is 18.0 Å². The molecule has 7 heteroatoms. The molecule has 0 bridgehead atoms. The highest BCUT2D eigenvalue weighted by atomic mass is 16.6. The fourth-order valence-electron chi connectivity index (χ4n) is 2.93. The van der Waals surface area contributed by atoms with Crippen LogP contribution in [0.25, 0.3) is 0 Å². The zero-order valence-corrected chi connectivity index (χ0v) is 12.2. The molecule has 1 aliphatic rings. The summed E-state index contributed by atoms with van der Waals surface area (Å²) in [7, 11) is 0. The van der Waals surface area contributed by atoms with Crippen LogP contribution in [0.4, 0.5) is 11.5 Å². The first-order valence-electron chi connectivity index (χ1n) is 6.99. The summed E-state index contributed by atoms with van der Waals surface area (Å²) in [6.45, 7) is 4.65. The van der Waals surface area contributed by atoms with Crippen LogP contribution in [0.1, 0.15) is 31.7 Å². The average molecular weight is 293 g/mol. The van der Waals surface area contributed by atoms with Crippen LogP contribution in [-0.2, 0) is 4.79 Å². The first-order valence-corrected chi connectivity index (χ1v) is 6.99. The summed E-state index contributed by atoms with van der Waals surface area (Å²) in [6, 6.07) is 1.65. The van der Waals surface area contributed by atoms with Gasteiger partial charge in [-0.05, 0) is 25.8 Å². The number of nitrogens with zero attached hydrogens (tertiary/aromatic N) is 3. The van der Waals surface area contributed by atoms with Crippen molar-refractivity contribution in [1.29, 1.82) is 0 Å². The van der Waals surface area contributed by atoms with Crippen molar-refractivity contribution in [2.24, 2.45) is 5.41 Å². The number of carbonyl (C=O) groups is 1. The molecule has 114 valence electrons. The molecule has 2 rings (SSSR count). The van der Waals surface area contributed by atoms with Gasteiger partial charge in [0.2, 0.25) is 0 Å². The minimum atomic E-state index is -0.773. The van der Waals surface area contributed by atoms with Crippen molar-refractivity contribution in [3.8, 4) is 0 Å². The van der Waals surface area contributed by atoms with Gasteiger partial charge in [0.25, 0.3) is 5.69 Å². The maximum atomic E-state index is 11.6. The lowest BCUT2D eigenvalue weighted by atomic mass is 9.83. The third-order valence-electron chi connectivity index (χ3n) is 4.13. The van der Waals surface area contributed by atoms with Crippen LogP contribution in [0.5, 0.6) is 0 Å². The molecule has 21 heavy (non-hydrogen) atoms. The molecule has 1 N–H and O–H groups in total. The largest absolute Gasteiger partial charge is 0.481 e. The molecule has 1 unspecified atom stereocenters. The van der Waals surface area contributed by atoms with E-state index >= 15 is 0 Å². The SMILES string of the molecule is CCCC1(C(=O)O)CCN(c2cc(C)c([N+](=O)[O-])cn2)C1. The highest BCUT2D eigenvalue weighted by molar-refractivity contribution is 5.76. The number of carboxylic acids is 1. The third-order valence-corrected chi connectivity index (χ3v) is 4.13. The zero-order valence-electron chi connectivity index (χ0n) is 12.2. The lowest BCUT2D eigenvalue weighted by Gasteiger charge is -2.24. The fourth-order valence-corrected chi connectivity index (χ4v) is 2.93. The number of nitro groups is 1. The standard InChI is InChI=1S/C14H19N3O4/c1-3-4-14(13(18)19)5-6-16(9-14)12-7-10(2)11(8-15-12)17(20)21/h7-8H,3-6,9H2,1-2H3,(H,18,19). The number of rotatable bonds is 5. The summed E-state index contributed by atoms with van der Waals surface area (Å²) in [5, 5.41) is 20.3. The molecule has 0 saturated carbocycles. The first kappa shape index (κ1) is 15.2. The van der Waals surface area contributed by atoms with Crippen molar-refractivity contribution in [3.63, 3.8) is 0 Å². The number of hydrogen-bond acceptors (Lipinski definition) is 5. The van der Waals surface area contributed by atoms with Crippen molar-refractivity contribution in [1.82, 2.24) is 4.98 Å². The molecule has 1 saturated heterocycles. The van der Waals surface area contributed by atoms with Gasteiger partial charge in [0.15, 0.2) is 0 Å². The molecule has 0 amide bonds. The molecule has 0 aliphatic carbocycles. The lowest BCUT2D eigenvalue weighted by Crippen LogP contribution is -2.34. The van der Waals surface area contributed by atoms with E-state index in [0.29, 0.717) is 37.3 Å². The molecule has 2 heterocycles. The van der Waals surface area contributed by atoms with Crippen molar-refractivity contribution in [2.45, 2.75) is 33.1 Å². The molecule has 1 aromatic rings. The van der Waals surface area contributed by atoms with Gasteiger partial charge in [-0.3, -0.25) is 14.9 Å². The Bertz CT molecular complexity index is 575. The monoisotopic (exact) mass is 293 g/mol. The van der Waals surface area contributed by atoms with Gasteiger partial charge in [0, 0.05) is 18.7 Å². The number of anilines is 1. The lowest BCUT2D eigenvalue weighted by molar-refractivity contribution is -0.385. The van der Waals surface area contributed by atoms with Gasteiger partial charge < -0.3 is 10.0 Å². The minimum Gasteiger partial charge on any atom is -0.481 e. The highest BCUT2D eigenvalue weighted by Gasteiger charge is 2.44. The molecule has 7 nitrogen and oxygen atoms in total. The number of aromatic nitrogens is 1. The number of pyridine rings is 1. The predicted octanol–water partition coefficient (Wildman–Crippen LogP) is 2.38. The normalized spacial score (nSPS) is 21.5. The molecule has 0 spiro atoms. The molecule has 0 radical (unpaired) electrons. The first-order chi connectivity index (χ1) is 9.89. The summed E-state index contributed by atoms with van der Waals surface area (Å²) in [5.74, 6) is -0.164. The van der Waals surface area contributed by atoms with E-state index in [1.165, 1.54) is 6.20 Å². The molecule has 1 aliphatic heterocycles. The van der Waals surface area contributed by atoms with E-state index in [1.807, 2.05) is 11.8 Å². The smallest absolute Gasteiger partial charge is 0.311 e. The number of hydrogen-bond donors (Lipinski definition) is 1. The summed E-state index contributed by atoms with van der Waals surface area (Å²) in [5.41, 5.74) is -0.212. The Morgan fingerprint density at radius 1 is 1.62 bits per heavy atom. The summed E-state index contributed by atoms with van der Waals surface area (Å²) in [4.78, 5) is 27.9. The van der Waals surface area contributed by atoms with Crippen LogP contribution in [0.15, 0.2) is 12.3 Å². The minimum absolute atomic E-state index is 0.0176. The second kappa shape index (κ2) is 5.67. The van der Waals surface area contributed by atoms with E-state index in [4.69, 9.17) is 0 Å². The van der Waals surface area contributed by atoms with Crippen LogP contribution in [0, 0.1) is 22.5 Å². The van der Waals surface area contributed by atoms with Crippen LogP contribution in [-0.4, -0.2) is 34.1 Å². The summed E-state index contributed by atoms with van der Waals surface area (Å²) < 4.78 is 0. The van der Waals surface area contributed by atoms with Crippen LogP contribution >= 0.6 is 0 Å². The zero-order chi connectivity index (χ0) is 15.6.